The molecule has 1 aromatic rings. The number of unbranched alkanes of at least 4 members (excludes halogenated alkanes) is 19. The van der Waals surface area contributed by atoms with Gasteiger partial charge in [0.1, 0.15) is 30.7 Å². The lowest BCUT2D eigenvalue weighted by Crippen LogP contribution is -2.36. The van der Waals surface area contributed by atoms with Crippen molar-refractivity contribution in [3.05, 3.63) is 34.9 Å². The highest BCUT2D eigenvalue weighted by molar-refractivity contribution is 7.61. The molecule has 1 aromatic heterocycles. The molecular weight excluding hydrogens is 912 g/mol. The first-order valence-electron chi connectivity index (χ1n) is 24.8. The Labute approximate surface area is 397 Å². The van der Waals surface area contributed by atoms with E-state index in [9.17, 15) is 43.5 Å². The minimum atomic E-state index is -5.42. The number of aliphatic hydroxyl groups excluding tert-OH is 2. The quantitative estimate of drug-likeness (QED) is 0.0135. The molecule has 2 fully saturated rings. The normalized spacial score (nSPS) is 22.7. The number of anilines is 1. The number of phosphoric ester groups is 2. The van der Waals surface area contributed by atoms with Crippen molar-refractivity contribution in [2.24, 2.45) is 0 Å². The van der Waals surface area contributed by atoms with Crippen molar-refractivity contribution < 1.29 is 71.0 Å². The molecule has 67 heavy (non-hydrogen) atoms. The van der Waals surface area contributed by atoms with Gasteiger partial charge in [0.15, 0.2) is 12.3 Å². The Bertz CT molecular complexity index is 1740. The third-order valence-corrected chi connectivity index (χ3v) is 14.4. The molecule has 0 amide bonds. The fourth-order valence-electron chi connectivity index (χ4n) is 7.79. The van der Waals surface area contributed by atoms with E-state index in [0.29, 0.717) is 25.0 Å². The van der Waals surface area contributed by atoms with Gasteiger partial charge in [-0.05, 0) is 44.6 Å². The van der Waals surface area contributed by atoms with Gasteiger partial charge in [-0.15, -0.1) is 0 Å². The first-order chi connectivity index (χ1) is 32.1. The molecule has 3 heterocycles. The van der Waals surface area contributed by atoms with Gasteiger partial charge >= 0.3 is 33.3 Å². The minimum Gasteiger partial charge on any atom is -0.462 e. The molecule has 0 bridgehead atoms. The topological polar surface area (TPSA) is 278 Å². The Morgan fingerprint density at radius 2 is 1.30 bits per heavy atom. The number of allylic oxidation sites excluding steroid dienone is 1. The third-order valence-electron chi connectivity index (χ3n) is 11.8. The van der Waals surface area contributed by atoms with Crippen LogP contribution in [0.1, 0.15) is 187 Å². The fourth-order valence-corrected chi connectivity index (χ4v) is 9.90. The van der Waals surface area contributed by atoms with Gasteiger partial charge in [0.25, 0.3) is 0 Å². The number of aromatic nitrogens is 2. The maximum Gasteiger partial charge on any atom is 0.481 e. The predicted octanol–water partition coefficient (Wildman–Crippen LogP) is 8.66. The Morgan fingerprint density at radius 3 is 1.93 bits per heavy atom. The maximum absolute atomic E-state index is 12.8. The highest BCUT2D eigenvalue weighted by Gasteiger charge is 2.46. The molecule has 2 aliphatic heterocycles. The molecule has 21 heteroatoms. The molecule has 19 nitrogen and oxygen atoms in total. The second kappa shape index (κ2) is 33.1. The molecule has 2 aliphatic rings. The second-order valence-electron chi connectivity index (χ2n) is 17.7. The van der Waals surface area contributed by atoms with Crippen molar-refractivity contribution in [2.75, 3.05) is 25.6 Å². The van der Waals surface area contributed by atoms with Crippen molar-refractivity contribution in [3.8, 4) is 0 Å². The van der Waals surface area contributed by atoms with Gasteiger partial charge in [0, 0.05) is 19.0 Å². The Hall–Kier alpha value is -2.54. The summed E-state index contributed by atoms with van der Waals surface area (Å²) in [4.78, 5) is 61.8. The summed E-state index contributed by atoms with van der Waals surface area (Å²) >= 11 is 0. The molecule has 3 rings (SSSR count). The zero-order valence-corrected chi connectivity index (χ0v) is 41.7. The molecule has 9 atom stereocenters. The van der Waals surface area contributed by atoms with Crippen molar-refractivity contribution >= 4 is 33.4 Å². The van der Waals surface area contributed by atoms with Crippen LogP contribution in [0.15, 0.2) is 29.2 Å². The van der Waals surface area contributed by atoms with Crippen molar-refractivity contribution in [1.29, 1.82) is 0 Å². The van der Waals surface area contributed by atoms with Gasteiger partial charge in [0.2, 0.25) is 0 Å². The fraction of sp³-hybridized carbons (Fsp3) is 0.826. The highest BCUT2D eigenvalue weighted by Crippen LogP contribution is 2.60. The number of nitrogens with two attached hydrogens (primary N) is 1. The molecule has 0 radical (unpaired) electrons. The average Bonchev–Trinajstić information content (AvgIpc) is 3.97. The first kappa shape index (κ1) is 58.8. The van der Waals surface area contributed by atoms with Crippen LogP contribution in [0.25, 0.3) is 0 Å². The van der Waals surface area contributed by atoms with Crippen LogP contribution in [0.5, 0.6) is 0 Å². The number of nitrogens with zero attached hydrogens (tertiary/aromatic N) is 2. The van der Waals surface area contributed by atoms with Crippen LogP contribution in [0.2, 0.25) is 0 Å². The van der Waals surface area contributed by atoms with Crippen LogP contribution < -0.4 is 11.4 Å². The van der Waals surface area contributed by atoms with Gasteiger partial charge < -0.3 is 44.7 Å². The molecule has 2 saturated heterocycles. The van der Waals surface area contributed by atoms with Gasteiger partial charge in [-0.2, -0.15) is 9.29 Å². The molecule has 0 spiro atoms. The monoisotopic (exact) mass is 994 g/mol. The van der Waals surface area contributed by atoms with Gasteiger partial charge in [-0.3, -0.25) is 23.2 Å². The van der Waals surface area contributed by atoms with E-state index < -0.39 is 83.7 Å². The number of hydrogen-bond acceptors (Lipinski definition) is 16. The average molecular weight is 994 g/mol. The smallest absolute Gasteiger partial charge is 0.462 e. The van der Waals surface area contributed by atoms with E-state index in [-0.39, 0.29) is 18.7 Å². The number of rotatable bonds is 40. The van der Waals surface area contributed by atoms with E-state index in [1.54, 1.807) is 0 Å². The van der Waals surface area contributed by atoms with Crippen LogP contribution in [-0.2, 0) is 51.0 Å². The van der Waals surface area contributed by atoms with E-state index in [1.165, 1.54) is 76.7 Å². The summed E-state index contributed by atoms with van der Waals surface area (Å²) in [5.74, 6) is -1.31. The van der Waals surface area contributed by atoms with Crippen LogP contribution in [0.4, 0.5) is 5.82 Å². The van der Waals surface area contributed by atoms with Crippen molar-refractivity contribution in [3.63, 3.8) is 0 Å². The zero-order chi connectivity index (χ0) is 48.9. The van der Waals surface area contributed by atoms with Crippen molar-refractivity contribution in [2.45, 2.75) is 224 Å². The number of carbonyl (C=O) groups is 2. The van der Waals surface area contributed by atoms with Crippen LogP contribution >= 0.6 is 15.6 Å². The van der Waals surface area contributed by atoms with Crippen LogP contribution in [0.3, 0.4) is 0 Å². The van der Waals surface area contributed by atoms with E-state index >= 15 is 0 Å². The summed E-state index contributed by atoms with van der Waals surface area (Å²) in [6.07, 6.45) is 24.6. The molecule has 386 valence electrons. The summed E-state index contributed by atoms with van der Waals surface area (Å²) < 4.78 is 62.5. The van der Waals surface area contributed by atoms with E-state index in [2.05, 4.69) is 35.3 Å². The number of epoxide rings is 1. The lowest BCUT2D eigenvalue weighted by molar-refractivity contribution is -0.161. The number of carbonyl (C=O) groups excluding carboxylic acids is 2. The van der Waals surface area contributed by atoms with E-state index in [4.69, 9.17) is 33.7 Å². The zero-order valence-electron chi connectivity index (χ0n) is 39.9. The summed E-state index contributed by atoms with van der Waals surface area (Å²) in [6, 6.07) is 1.25. The van der Waals surface area contributed by atoms with Crippen molar-refractivity contribution in [1.82, 2.24) is 9.55 Å². The molecule has 0 aromatic carbocycles. The molecule has 4 unspecified atom stereocenters. The summed E-state index contributed by atoms with van der Waals surface area (Å²) in [6.45, 7) is 2.11. The Morgan fingerprint density at radius 1 is 0.731 bits per heavy atom. The Kier molecular flexibility index (Phi) is 29.1. The molecule has 6 N–H and O–H groups in total. The Balaban J connectivity index is 1.40. The van der Waals surface area contributed by atoms with Gasteiger partial charge in [0.05, 0.1) is 25.4 Å². The lowest BCUT2D eigenvalue weighted by atomic mass is 10.0. The minimum absolute atomic E-state index is 0.0329. The van der Waals surface area contributed by atoms with Gasteiger partial charge in [-0.25, -0.2) is 13.9 Å². The first-order valence-corrected chi connectivity index (χ1v) is 27.8. The highest BCUT2D eigenvalue weighted by atomic mass is 31.3. The molecule has 0 saturated carbocycles. The number of hydrogen-bond donors (Lipinski definition) is 5. The van der Waals surface area contributed by atoms with E-state index in [1.807, 2.05) is 0 Å². The van der Waals surface area contributed by atoms with Gasteiger partial charge in [-0.1, -0.05) is 142 Å². The summed E-state index contributed by atoms with van der Waals surface area (Å²) in [5.41, 5.74) is 4.59. The SMILES string of the molecule is CCCCCCCCCCCCCCCC(=O)OC[C@H](COP(=O)(O)OP(=O)(O)OC[C@H]1O[C@@H](n2ccc(N)nc2=O)[C@H](O)[C@@H]1O)OC(=O)CCCCCCC/C=C\CC1OC1CCCCC. The maximum atomic E-state index is 12.8. The van der Waals surface area contributed by atoms with Crippen LogP contribution in [0, 0.1) is 0 Å². The number of ether oxygens (including phenoxy) is 4. The second-order valence-corrected chi connectivity index (χ2v) is 20.8. The third kappa shape index (κ3) is 25.8. The summed E-state index contributed by atoms with van der Waals surface area (Å²) in [7, 11) is -10.8. The van der Waals surface area contributed by atoms with E-state index in [0.717, 1.165) is 81.4 Å². The van der Waals surface area contributed by atoms with Crippen LogP contribution in [-0.4, -0.2) is 97.9 Å². The predicted molar refractivity (Wildman–Crippen MR) is 252 cm³/mol. The number of nitrogen functional groups attached to an aromatic ring is 1. The standard InChI is InChI=1S/C46H81N3O16P2/c1-3-5-7-8-9-10-11-12-13-14-18-21-25-29-41(50)59-33-36(62-42(51)30-26-22-19-16-15-17-20-24-28-38-37(63-38)27-23-6-4-2)34-60-66(55,56)65-67(57,58)61-35-39-43(52)44(53)45(64-39)49-32-31-40(47)48-46(49)54/h20,24,31-32,36-39,43-45,52-53H,3-19,21-23,25-30,33-35H2,1-2H3,(H,55,56)(H,57,58)(H2,47,48,54)/b24-20-/t36-,37?,38?,39-,43-,44-,45-/m1/s1. The number of aliphatic hydroxyl groups is 2. The number of esters is 2. The number of phosphoric acid groups is 2. The molecule has 0 aliphatic carbocycles. The summed E-state index contributed by atoms with van der Waals surface area (Å²) in [5, 5.41) is 20.9. The molecular formula is C46H81N3O16P2. The largest absolute Gasteiger partial charge is 0.481 e. The lowest BCUT2D eigenvalue weighted by Gasteiger charge is -2.21.